The number of aliphatic hydroxyl groups is 1. The van der Waals surface area contributed by atoms with Gasteiger partial charge < -0.3 is 15.7 Å². The van der Waals surface area contributed by atoms with Crippen LogP contribution in [0.3, 0.4) is 0 Å². The van der Waals surface area contributed by atoms with Crippen molar-refractivity contribution in [1.82, 2.24) is 10.6 Å². The molecule has 0 saturated heterocycles. The summed E-state index contributed by atoms with van der Waals surface area (Å²) in [5.74, 6) is 0.835. The van der Waals surface area contributed by atoms with Crippen LogP contribution in [0.15, 0.2) is 17.1 Å². The summed E-state index contributed by atoms with van der Waals surface area (Å²) in [7, 11) is 0. The molecule has 0 aliphatic heterocycles. The third-order valence-corrected chi connectivity index (χ3v) is 3.51. The van der Waals surface area contributed by atoms with Gasteiger partial charge in [-0.3, -0.25) is 4.99 Å². The van der Waals surface area contributed by atoms with Gasteiger partial charge in [0, 0.05) is 12.6 Å². The molecule has 4 nitrogen and oxygen atoms in total. The van der Waals surface area contributed by atoms with E-state index < -0.39 is 5.60 Å². The minimum Gasteiger partial charge on any atom is -0.388 e. The number of hydrogen-bond donors (Lipinski definition) is 3. The van der Waals surface area contributed by atoms with Crippen LogP contribution in [0, 0.1) is 0 Å². The first kappa shape index (κ1) is 12.4. The molecule has 0 unspecified atom stereocenters. The van der Waals surface area contributed by atoms with Gasteiger partial charge in [0.15, 0.2) is 5.96 Å². The highest BCUT2D eigenvalue weighted by Gasteiger charge is 2.34. The summed E-state index contributed by atoms with van der Waals surface area (Å²) < 4.78 is 0. The maximum absolute atomic E-state index is 10.0. The number of nitrogens with zero attached hydrogens (tertiary/aromatic N) is 1. The molecule has 0 atom stereocenters. The maximum Gasteiger partial charge on any atom is 0.191 e. The quantitative estimate of drug-likeness (QED) is 0.391. The fourth-order valence-corrected chi connectivity index (χ4v) is 2.22. The number of hydrogen-bond acceptors (Lipinski definition) is 2. The Labute approximate surface area is 103 Å². The van der Waals surface area contributed by atoms with Gasteiger partial charge in [-0.1, -0.05) is 12.2 Å². The molecule has 0 aromatic carbocycles. The Hall–Kier alpha value is -1.03. The molecule has 0 aromatic rings. The molecule has 0 amide bonds. The van der Waals surface area contributed by atoms with E-state index in [0.717, 1.165) is 44.6 Å². The van der Waals surface area contributed by atoms with Crippen molar-refractivity contribution in [2.75, 3.05) is 13.1 Å². The predicted octanol–water partition coefficient (Wildman–Crippen LogP) is 1.18. The zero-order valence-corrected chi connectivity index (χ0v) is 10.6. The summed E-state index contributed by atoms with van der Waals surface area (Å²) >= 11 is 0. The second kappa shape index (κ2) is 5.54. The first-order valence-corrected chi connectivity index (χ1v) is 6.64. The second-order valence-corrected chi connectivity index (χ2v) is 5.06. The molecule has 96 valence electrons. The van der Waals surface area contributed by atoms with Crippen molar-refractivity contribution in [3.05, 3.63) is 12.2 Å². The standard InChI is InChI=1S/C13H23N3O/c1-2-14-12(16-11-6-3-4-7-11)15-10-13(17)8-5-9-13/h3-4,11,17H,2,5-10H2,1H3,(H2,14,15,16). The van der Waals surface area contributed by atoms with Crippen molar-refractivity contribution in [2.45, 2.75) is 50.7 Å². The molecule has 17 heavy (non-hydrogen) atoms. The van der Waals surface area contributed by atoms with Gasteiger partial charge in [-0.05, 0) is 39.0 Å². The molecule has 0 radical (unpaired) electrons. The molecule has 3 N–H and O–H groups in total. The molecule has 0 spiro atoms. The SMILES string of the molecule is CCNC(=NCC1(O)CCC1)NC1CC=CC1. The lowest BCUT2D eigenvalue weighted by Crippen LogP contribution is -2.45. The van der Waals surface area contributed by atoms with Crippen LogP contribution in [0.4, 0.5) is 0 Å². The fourth-order valence-electron chi connectivity index (χ4n) is 2.22. The van der Waals surface area contributed by atoms with Crippen LogP contribution in [-0.4, -0.2) is 35.8 Å². The average molecular weight is 237 g/mol. The van der Waals surface area contributed by atoms with Gasteiger partial charge in [0.1, 0.15) is 0 Å². The smallest absolute Gasteiger partial charge is 0.191 e. The lowest BCUT2D eigenvalue weighted by Gasteiger charge is -2.35. The van der Waals surface area contributed by atoms with E-state index in [1.807, 2.05) is 0 Å². The molecular weight excluding hydrogens is 214 g/mol. The zero-order chi connectivity index (χ0) is 12.1. The van der Waals surface area contributed by atoms with E-state index in [9.17, 15) is 5.11 Å². The topological polar surface area (TPSA) is 56.7 Å². The highest BCUT2D eigenvalue weighted by Crippen LogP contribution is 2.31. The Kier molecular flexibility index (Phi) is 4.05. The molecule has 0 aromatic heterocycles. The van der Waals surface area contributed by atoms with Crippen LogP contribution < -0.4 is 10.6 Å². The summed E-state index contributed by atoms with van der Waals surface area (Å²) in [6, 6.07) is 0.462. The molecule has 1 fully saturated rings. The predicted molar refractivity (Wildman–Crippen MR) is 70.1 cm³/mol. The molecule has 4 heteroatoms. The molecule has 1 saturated carbocycles. The van der Waals surface area contributed by atoms with Crippen molar-refractivity contribution in [3.63, 3.8) is 0 Å². The van der Waals surface area contributed by atoms with Gasteiger partial charge in [-0.25, -0.2) is 0 Å². The lowest BCUT2D eigenvalue weighted by atomic mass is 9.80. The van der Waals surface area contributed by atoms with E-state index in [-0.39, 0.29) is 0 Å². The summed E-state index contributed by atoms with van der Waals surface area (Å²) in [5, 5.41) is 16.6. The van der Waals surface area contributed by atoms with Crippen molar-refractivity contribution < 1.29 is 5.11 Å². The van der Waals surface area contributed by atoms with Crippen molar-refractivity contribution in [3.8, 4) is 0 Å². The first-order chi connectivity index (χ1) is 8.22. The second-order valence-electron chi connectivity index (χ2n) is 5.06. The van der Waals surface area contributed by atoms with E-state index >= 15 is 0 Å². The third kappa shape index (κ3) is 3.46. The Morgan fingerprint density at radius 1 is 1.41 bits per heavy atom. The number of aliphatic imine (C=N–C) groups is 1. The fraction of sp³-hybridized carbons (Fsp3) is 0.769. The van der Waals surface area contributed by atoms with Crippen LogP contribution in [0.2, 0.25) is 0 Å². The number of guanidine groups is 1. The first-order valence-electron chi connectivity index (χ1n) is 6.64. The van der Waals surface area contributed by atoms with Crippen LogP contribution in [0.5, 0.6) is 0 Å². The Bertz CT molecular complexity index is 300. The summed E-state index contributed by atoms with van der Waals surface area (Å²) in [4.78, 5) is 4.49. The highest BCUT2D eigenvalue weighted by molar-refractivity contribution is 5.80. The van der Waals surface area contributed by atoms with E-state index in [0.29, 0.717) is 12.6 Å². The van der Waals surface area contributed by atoms with Crippen LogP contribution >= 0.6 is 0 Å². The summed E-state index contributed by atoms with van der Waals surface area (Å²) in [5.41, 5.74) is -0.531. The number of nitrogens with one attached hydrogen (secondary N) is 2. The van der Waals surface area contributed by atoms with Gasteiger partial charge in [0.05, 0.1) is 12.1 Å². The van der Waals surface area contributed by atoms with Gasteiger partial charge in [-0.2, -0.15) is 0 Å². The Balaban J connectivity index is 1.83. The van der Waals surface area contributed by atoms with Gasteiger partial charge in [0.25, 0.3) is 0 Å². The molecule has 2 aliphatic carbocycles. The van der Waals surface area contributed by atoms with Crippen LogP contribution in [0.25, 0.3) is 0 Å². The minimum atomic E-state index is -0.531. The molecule has 2 aliphatic rings. The van der Waals surface area contributed by atoms with E-state index in [1.165, 1.54) is 0 Å². The number of rotatable bonds is 4. The van der Waals surface area contributed by atoms with Crippen molar-refractivity contribution in [1.29, 1.82) is 0 Å². The Morgan fingerprint density at radius 3 is 2.65 bits per heavy atom. The van der Waals surface area contributed by atoms with Crippen molar-refractivity contribution >= 4 is 5.96 Å². The normalized spacial score (nSPS) is 23.5. The maximum atomic E-state index is 10.0. The monoisotopic (exact) mass is 237 g/mol. The van der Waals surface area contributed by atoms with Gasteiger partial charge in [0.2, 0.25) is 0 Å². The molecule has 0 heterocycles. The van der Waals surface area contributed by atoms with E-state index in [2.05, 4.69) is 34.7 Å². The highest BCUT2D eigenvalue weighted by atomic mass is 16.3. The largest absolute Gasteiger partial charge is 0.388 e. The van der Waals surface area contributed by atoms with E-state index in [1.54, 1.807) is 0 Å². The lowest BCUT2D eigenvalue weighted by molar-refractivity contribution is -0.0236. The minimum absolute atomic E-state index is 0.462. The Morgan fingerprint density at radius 2 is 2.12 bits per heavy atom. The van der Waals surface area contributed by atoms with Gasteiger partial charge in [-0.15, -0.1) is 0 Å². The third-order valence-electron chi connectivity index (χ3n) is 3.51. The molecule has 0 bridgehead atoms. The van der Waals surface area contributed by atoms with Crippen molar-refractivity contribution in [2.24, 2.45) is 4.99 Å². The molecular formula is C13H23N3O. The van der Waals surface area contributed by atoms with Gasteiger partial charge >= 0.3 is 0 Å². The van der Waals surface area contributed by atoms with E-state index in [4.69, 9.17) is 0 Å². The molecule has 2 rings (SSSR count). The van der Waals surface area contributed by atoms with Crippen LogP contribution in [0.1, 0.15) is 39.0 Å². The summed E-state index contributed by atoms with van der Waals surface area (Å²) in [6.45, 7) is 3.43. The van der Waals surface area contributed by atoms with Crippen LogP contribution in [-0.2, 0) is 0 Å². The summed E-state index contributed by atoms with van der Waals surface area (Å²) in [6.07, 6.45) is 9.43. The zero-order valence-electron chi connectivity index (χ0n) is 10.6. The average Bonchev–Trinajstić information content (AvgIpc) is 2.76.